The quantitative estimate of drug-likeness (QED) is 0.551. The average Bonchev–Trinajstić information content (AvgIpc) is 2.83. The minimum Gasteiger partial charge on any atom is -0.507 e. The third kappa shape index (κ3) is 3.39. The van der Waals surface area contributed by atoms with Crippen LogP contribution < -0.4 is 0 Å². The van der Waals surface area contributed by atoms with E-state index < -0.39 is 86.4 Å². The van der Waals surface area contributed by atoms with Crippen LogP contribution in [0, 0.1) is 46.1 Å². The monoisotopic (exact) mass is 552 g/mol. The molecule has 2 N–H and O–H groups in total. The van der Waals surface area contributed by atoms with E-state index in [9.17, 15) is 43.0 Å². The zero-order valence-electron chi connectivity index (χ0n) is 22.8. The number of phenols is 1. The Kier molecular flexibility index (Phi) is 6.08. The molecule has 0 heterocycles. The molecule has 0 bridgehead atoms. The molecular formula is C31H30F2O7. The zero-order valence-corrected chi connectivity index (χ0v) is 22.8. The second-order valence-corrected chi connectivity index (χ2v) is 12.4. The number of rotatable bonds is 3. The van der Waals surface area contributed by atoms with Gasteiger partial charge in [-0.15, -0.1) is 0 Å². The predicted molar refractivity (Wildman–Crippen MR) is 138 cm³/mol. The second-order valence-electron chi connectivity index (χ2n) is 12.4. The van der Waals surface area contributed by atoms with Crippen molar-refractivity contribution in [3.05, 3.63) is 53.1 Å². The Labute approximate surface area is 229 Å². The van der Waals surface area contributed by atoms with E-state index in [1.54, 1.807) is 20.8 Å². The van der Waals surface area contributed by atoms with Crippen LogP contribution >= 0.6 is 0 Å². The van der Waals surface area contributed by atoms with Gasteiger partial charge in [-0.3, -0.25) is 24.0 Å². The summed E-state index contributed by atoms with van der Waals surface area (Å²) < 4.78 is 27.8. The molecule has 3 aliphatic carbocycles. The topological polar surface area (TPSA) is 126 Å². The van der Waals surface area contributed by atoms with Crippen LogP contribution in [0.2, 0.25) is 0 Å². The van der Waals surface area contributed by atoms with Crippen molar-refractivity contribution < 1.29 is 43.0 Å². The molecule has 9 heteroatoms. The Morgan fingerprint density at radius 3 is 2.23 bits per heavy atom. The number of phenolic OH excluding ortho intramolecular Hbond substituents is 1. The molecular weight excluding hydrogens is 522 g/mol. The molecule has 2 fully saturated rings. The second kappa shape index (κ2) is 8.70. The van der Waals surface area contributed by atoms with Crippen molar-refractivity contribution >= 4 is 28.9 Å². The van der Waals surface area contributed by atoms with E-state index in [0.717, 1.165) is 19.1 Å². The fourth-order valence-electron chi connectivity index (χ4n) is 8.07. The van der Waals surface area contributed by atoms with Crippen molar-refractivity contribution in [2.24, 2.45) is 34.5 Å². The summed E-state index contributed by atoms with van der Waals surface area (Å²) in [5, 5.41) is 22.8. The molecule has 0 saturated heterocycles. The van der Waals surface area contributed by atoms with Crippen LogP contribution in [-0.4, -0.2) is 44.7 Å². The number of hydrogen-bond donors (Lipinski definition) is 2. The summed E-state index contributed by atoms with van der Waals surface area (Å²) in [6, 6.07) is 5.95. The van der Waals surface area contributed by atoms with Gasteiger partial charge in [0.2, 0.25) is 0 Å². The van der Waals surface area contributed by atoms with E-state index in [2.05, 4.69) is 0 Å². The molecule has 3 aliphatic rings. The lowest BCUT2D eigenvalue weighted by Crippen LogP contribution is -2.76. The summed E-state index contributed by atoms with van der Waals surface area (Å²) in [5.41, 5.74) is -4.92. The first-order valence-electron chi connectivity index (χ1n) is 13.2. The van der Waals surface area contributed by atoms with Gasteiger partial charge >= 0.3 is 0 Å². The first kappa shape index (κ1) is 28.0. The highest BCUT2D eigenvalue weighted by Crippen LogP contribution is 2.64. The lowest BCUT2D eigenvalue weighted by atomic mass is 9.40. The first-order chi connectivity index (χ1) is 18.5. The van der Waals surface area contributed by atoms with Crippen molar-refractivity contribution in [2.75, 3.05) is 0 Å². The predicted octanol–water partition coefficient (Wildman–Crippen LogP) is 4.04. The minimum atomic E-state index is -2.78. The Balaban J connectivity index is 1.75. The number of aromatic hydroxyl groups is 1. The highest BCUT2D eigenvalue weighted by atomic mass is 19.2. The fraction of sp³-hybridized carbons (Fsp3) is 0.452. The standard InChI is InChI=1S/C31H30F2O7/c1-13(2)23-25(36)21(14(3)34)27(38)31(40)28(39)24-26(37)22-17(11-29(24,4)12-30(23,31)5)16(7-9-20(22)35)15-6-8-18(32)19(33)10-15/h6-10,13,21,23-24,35,40H,11-12H2,1-5H3/t21?,23?,24?,29-,30-,31+/m1/s1. The van der Waals surface area contributed by atoms with Crippen molar-refractivity contribution in [2.45, 2.75) is 53.1 Å². The Bertz CT molecular complexity index is 1540. The van der Waals surface area contributed by atoms with Gasteiger partial charge < -0.3 is 10.2 Å². The van der Waals surface area contributed by atoms with Gasteiger partial charge in [0.1, 0.15) is 17.5 Å². The molecule has 0 spiro atoms. The van der Waals surface area contributed by atoms with Crippen LogP contribution in [0.25, 0.3) is 11.1 Å². The van der Waals surface area contributed by atoms with Gasteiger partial charge in [-0.05, 0) is 66.0 Å². The Morgan fingerprint density at radius 1 is 1.00 bits per heavy atom. The average molecular weight is 553 g/mol. The lowest BCUT2D eigenvalue weighted by Gasteiger charge is -2.61. The third-order valence-corrected chi connectivity index (χ3v) is 9.49. The highest BCUT2D eigenvalue weighted by Gasteiger charge is 2.76. The Morgan fingerprint density at radius 2 is 1.65 bits per heavy atom. The molecule has 3 unspecified atom stereocenters. The molecule has 210 valence electrons. The van der Waals surface area contributed by atoms with E-state index in [1.165, 1.54) is 25.1 Å². The normalized spacial score (nSPS) is 33.5. The lowest BCUT2D eigenvalue weighted by molar-refractivity contribution is -0.205. The first-order valence-corrected chi connectivity index (χ1v) is 13.2. The minimum absolute atomic E-state index is 0.00219. The van der Waals surface area contributed by atoms with Crippen molar-refractivity contribution in [1.82, 2.24) is 0 Å². The maximum atomic E-state index is 14.3. The number of carbonyl (C=O) groups excluding carboxylic acids is 5. The molecule has 6 atom stereocenters. The van der Waals surface area contributed by atoms with Crippen LogP contribution in [-0.2, 0) is 25.6 Å². The highest BCUT2D eigenvalue weighted by molar-refractivity contribution is 6.32. The van der Waals surface area contributed by atoms with Gasteiger partial charge in [0.05, 0.1) is 11.5 Å². The van der Waals surface area contributed by atoms with E-state index in [4.69, 9.17) is 0 Å². The SMILES string of the molecule is CC(=O)C1C(=O)C(C(C)C)[C@@]2(C)C[C@@]3(C)Cc4c(-c5ccc(F)c(F)c5)ccc(O)c4C(=O)C3C(=O)[C@@]2(O)C1=O. The van der Waals surface area contributed by atoms with E-state index in [-0.39, 0.29) is 24.0 Å². The molecule has 0 amide bonds. The number of benzene rings is 2. The van der Waals surface area contributed by atoms with Gasteiger partial charge in [-0.2, -0.15) is 0 Å². The molecule has 0 aromatic heterocycles. The number of fused-ring (bicyclic) bond motifs is 3. The molecule has 2 saturated carbocycles. The summed E-state index contributed by atoms with van der Waals surface area (Å²) in [6.07, 6.45) is -0.0991. The summed E-state index contributed by atoms with van der Waals surface area (Å²) >= 11 is 0. The van der Waals surface area contributed by atoms with Gasteiger partial charge in [-0.25, -0.2) is 8.78 Å². The summed E-state index contributed by atoms with van der Waals surface area (Å²) in [4.78, 5) is 68.0. The largest absolute Gasteiger partial charge is 0.507 e. The summed E-state index contributed by atoms with van der Waals surface area (Å²) in [7, 11) is 0. The summed E-state index contributed by atoms with van der Waals surface area (Å²) in [5.74, 6) is -12.0. The van der Waals surface area contributed by atoms with Gasteiger partial charge in [0.25, 0.3) is 0 Å². The third-order valence-electron chi connectivity index (χ3n) is 9.49. The fourth-order valence-corrected chi connectivity index (χ4v) is 8.07. The van der Waals surface area contributed by atoms with Crippen molar-refractivity contribution in [3.8, 4) is 16.9 Å². The molecule has 7 nitrogen and oxygen atoms in total. The molecule has 0 radical (unpaired) electrons. The number of carbonyl (C=O) groups is 5. The maximum Gasteiger partial charge on any atom is 0.190 e. The van der Waals surface area contributed by atoms with E-state index >= 15 is 0 Å². The number of Topliss-reactive ketones (excluding diaryl/α,β-unsaturated/α-hetero) is 5. The maximum absolute atomic E-state index is 14.3. The van der Waals surface area contributed by atoms with Crippen LogP contribution in [0.5, 0.6) is 5.75 Å². The molecule has 0 aliphatic heterocycles. The van der Waals surface area contributed by atoms with Gasteiger partial charge in [0, 0.05) is 11.3 Å². The van der Waals surface area contributed by atoms with E-state index in [1.807, 2.05) is 0 Å². The summed E-state index contributed by atoms with van der Waals surface area (Å²) in [6.45, 7) is 7.62. The Hall–Kier alpha value is -3.59. The molecule has 2 aromatic rings. The van der Waals surface area contributed by atoms with Crippen LogP contribution in [0.1, 0.15) is 57.0 Å². The molecule has 40 heavy (non-hydrogen) atoms. The molecule has 2 aromatic carbocycles. The van der Waals surface area contributed by atoms with E-state index in [0.29, 0.717) is 11.1 Å². The number of ketones is 5. The number of halogens is 2. The number of hydrogen-bond acceptors (Lipinski definition) is 7. The number of aliphatic hydroxyl groups is 1. The zero-order chi connectivity index (χ0) is 29.7. The van der Waals surface area contributed by atoms with Crippen LogP contribution in [0.15, 0.2) is 30.3 Å². The molecule has 5 rings (SSSR count). The van der Waals surface area contributed by atoms with Crippen molar-refractivity contribution in [3.63, 3.8) is 0 Å². The smallest absolute Gasteiger partial charge is 0.190 e. The van der Waals surface area contributed by atoms with Crippen LogP contribution in [0.3, 0.4) is 0 Å². The van der Waals surface area contributed by atoms with Crippen molar-refractivity contribution in [1.29, 1.82) is 0 Å². The van der Waals surface area contributed by atoms with Gasteiger partial charge in [0.15, 0.2) is 40.4 Å². The van der Waals surface area contributed by atoms with Gasteiger partial charge in [-0.1, -0.05) is 39.8 Å². The van der Waals surface area contributed by atoms with Crippen LogP contribution in [0.4, 0.5) is 8.78 Å².